The van der Waals surface area contributed by atoms with Crippen molar-refractivity contribution < 1.29 is 0 Å². The second-order valence-corrected chi connectivity index (χ2v) is 5.16. The molecular weight excluding hydrogens is 235 g/mol. The van der Waals surface area contributed by atoms with E-state index >= 15 is 0 Å². The van der Waals surface area contributed by atoms with Gasteiger partial charge in [0.2, 0.25) is 0 Å². The van der Waals surface area contributed by atoms with E-state index in [2.05, 4.69) is 78.6 Å². The van der Waals surface area contributed by atoms with Gasteiger partial charge in [-0.15, -0.1) is 0 Å². The van der Waals surface area contributed by atoms with Gasteiger partial charge in [-0.2, -0.15) is 0 Å². The van der Waals surface area contributed by atoms with Crippen molar-refractivity contribution >= 4 is 8.19 Å². The highest BCUT2D eigenvalue weighted by molar-refractivity contribution is 7.33. The van der Waals surface area contributed by atoms with Crippen LogP contribution in [0.4, 0.5) is 0 Å². The molecule has 0 fully saturated rings. The summed E-state index contributed by atoms with van der Waals surface area (Å²) in [4.78, 5) is 0. The van der Waals surface area contributed by atoms with E-state index in [1.165, 1.54) is 30.2 Å². The van der Waals surface area contributed by atoms with Crippen LogP contribution in [0.5, 0.6) is 0 Å². The molecule has 0 N–H and O–H groups in total. The SMILES string of the molecule is c1ccc(-c2ccc(-c3ccccc3)pc2)cc1. The first-order chi connectivity index (χ1) is 8.93. The van der Waals surface area contributed by atoms with Crippen LogP contribution in [0.3, 0.4) is 0 Å². The second-order valence-electron chi connectivity index (χ2n) is 4.16. The molecule has 1 heterocycles. The van der Waals surface area contributed by atoms with Crippen molar-refractivity contribution in [1.82, 2.24) is 0 Å². The molecule has 3 rings (SSSR count). The topological polar surface area (TPSA) is 0 Å². The van der Waals surface area contributed by atoms with Crippen molar-refractivity contribution in [2.75, 3.05) is 0 Å². The van der Waals surface area contributed by atoms with Gasteiger partial charge in [-0.05, 0) is 28.6 Å². The smallest absolute Gasteiger partial charge is 0.00906 e. The van der Waals surface area contributed by atoms with Crippen LogP contribution in [0.25, 0.3) is 22.0 Å². The van der Waals surface area contributed by atoms with E-state index in [9.17, 15) is 0 Å². The summed E-state index contributed by atoms with van der Waals surface area (Å²) in [5.74, 6) is 2.28. The minimum atomic E-state index is 1.27. The van der Waals surface area contributed by atoms with Gasteiger partial charge in [0.1, 0.15) is 0 Å². The van der Waals surface area contributed by atoms with Crippen molar-refractivity contribution in [2.45, 2.75) is 0 Å². The van der Waals surface area contributed by atoms with Crippen LogP contribution in [0.15, 0.2) is 78.6 Å². The Morgan fingerprint density at radius 3 is 1.67 bits per heavy atom. The monoisotopic (exact) mass is 248 g/mol. The summed E-state index contributed by atoms with van der Waals surface area (Å²) < 4.78 is 0. The van der Waals surface area contributed by atoms with Crippen LogP contribution in [-0.4, -0.2) is 0 Å². The molecule has 0 radical (unpaired) electrons. The van der Waals surface area contributed by atoms with Crippen molar-refractivity contribution in [2.24, 2.45) is 0 Å². The third-order valence-electron chi connectivity index (χ3n) is 2.94. The lowest BCUT2D eigenvalue weighted by molar-refractivity contribution is 1.65. The van der Waals surface area contributed by atoms with Crippen molar-refractivity contribution in [3.63, 3.8) is 0 Å². The zero-order valence-electron chi connectivity index (χ0n) is 9.95. The Balaban J connectivity index is 1.95. The first kappa shape index (κ1) is 11.2. The number of benzene rings is 2. The van der Waals surface area contributed by atoms with Gasteiger partial charge >= 0.3 is 0 Å². The van der Waals surface area contributed by atoms with Gasteiger partial charge in [0.05, 0.1) is 0 Å². The highest BCUT2D eigenvalue weighted by Gasteiger charge is 1.99. The highest BCUT2D eigenvalue weighted by atomic mass is 31.0. The van der Waals surface area contributed by atoms with Gasteiger partial charge in [0.25, 0.3) is 0 Å². The van der Waals surface area contributed by atoms with Crippen LogP contribution in [0, 0.1) is 0 Å². The summed E-state index contributed by atoms with van der Waals surface area (Å²) in [5, 5.41) is 1.36. The summed E-state index contributed by atoms with van der Waals surface area (Å²) in [5.41, 5.74) is 3.89. The van der Waals surface area contributed by atoms with E-state index in [4.69, 9.17) is 0 Å². The summed E-state index contributed by atoms with van der Waals surface area (Å²) in [7, 11) is 1.27. The molecule has 0 aliphatic carbocycles. The van der Waals surface area contributed by atoms with Gasteiger partial charge in [-0.3, -0.25) is 0 Å². The lowest BCUT2D eigenvalue weighted by atomic mass is 10.1. The average molecular weight is 248 g/mol. The third kappa shape index (κ3) is 2.34. The molecule has 0 bridgehead atoms. The van der Waals surface area contributed by atoms with Gasteiger partial charge in [0, 0.05) is 5.30 Å². The fourth-order valence-corrected chi connectivity index (χ4v) is 2.95. The number of rotatable bonds is 2. The molecule has 0 amide bonds. The minimum absolute atomic E-state index is 1.27. The predicted octanol–water partition coefficient (Wildman–Crippen LogP) is 5.60. The molecular formula is C17H13P. The minimum Gasteiger partial charge on any atom is -0.0672 e. The van der Waals surface area contributed by atoms with E-state index in [1.54, 1.807) is 0 Å². The van der Waals surface area contributed by atoms with E-state index in [1.807, 2.05) is 0 Å². The van der Waals surface area contributed by atoms with Gasteiger partial charge in [-0.1, -0.05) is 74.9 Å². The van der Waals surface area contributed by atoms with Crippen molar-refractivity contribution in [3.05, 3.63) is 78.6 Å². The summed E-state index contributed by atoms with van der Waals surface area (Å²) in [6, 6.07) is 25.5. The Morgan fingerprint density at radius 1 is 0.500 bits per heavy atom. The second kappa shape index (κ2) is 5.16. The molecule has 0 saturated carbocycles. The molecule has 0 unspecified atom stereocenters. The lowest BCUT2D eigenvalue weighted by Gasteiger charge is -2.04. The van der Waals surface area contributed by atoms with E-state index in [0.717, 1.165) is 0 Å². The van der Waals surface area contributed by atoms with Gasteiger partial charge in [-0.25, -0.2) is 0 Å². The van der Waals surface area contributed by atoms with Crippen LogP contribution in [0.2, 0.25) is 0 Å². The average Bonchev–Trinajstić information content (AvgIpc) is 2.49. The fraction of sp³-hybridized carbons (Fsp3) is 0. The standard InChI is InChI=1S/C17H13P/c1-3-7-14(8-4-1)16-11-12-17(18-13-16)15-9-5-2-6-10-15/h1-13H. The van der Waals surface area contributed by atoms with Gasteiger partial charge < -0.3 is 0 Å². The molecule has 0 atom stereocenters. The molecule has 18 heavy (non-hydrogen) atoms. The van der Waals surface area contributed by atoms with E-state index in [0.29, 0.717) is 0 Å². The molecule has 0 saturated heterocycles. The van der Waals surface area contributed by atoms with Crippen LogP contribution >= 0.6 is 8.19 Å². The molecule has 1 heteroatoms. The molecule has 3 aromatic rings. The summed E-state index contributed by atoms with van der Waals surface area (Å²) in [6.07, 6.45) is 0. The Labute approximate surface area is 109 Å². The predicted molar refractivity (Wildman–Crippen MR) is 79.8 cm³/mol. The van der Waals surface area contributed by atoms with Crippen LogP contribution < -0.4 is 0 Å². The molecule has 1 aromatic heterocycles. The molecule has 2 aromatic carbocycles. The molecule has 0 aliphatic rings. The lowest BCUT2D eigenvalue weighted by Crippen LogP contribution is -1.76. The largest absolute Gasteiger partial charge is 0.0672 e. The normalized spacial score (nSPS) is 10.7. The number of hydrogen-bond acceptors (Lipinski definition) is 0. The fourth-order valence-electron chi connectivity index (χ4n) is 1.97. The molecule has 0 nitrogen and oxygen atoms in total. The summed E-state index contributed by atoms with van der Waals surface area (Å²) >= 11 is 0. The Bertz CT molecular complexity index is 554. The van der Waals surface area contributed by atoms with Crippen molar-refractivity contribution in [3.8, 4) is 22.0 Å². The molecule has 86 valence electrons. The zero-order valence-corrected chi connectivity index (χ0v) is 10.8. The Kier molecular flexibility index (Phi) is 3.21. The first-order valence-corrected chi connectivity index (χ1v) is 6.97. The Morgan fingerprint density at radius 2 is 1.11 bits per heavy atom. The highest BCUT2D eigenvalue weighted by Crippen LogP contribution is 2.31. The third-order valence-corrected chi connectivity index (χ3v) is 4.03. The Hall–Kier alpha value is -1.91. The van der Waals surface area contributed by atoms with Crippen LogP contribution in [0.1, 0.15) is 0 Å². The van der Waals surface area contributed by atoms with Gasteiger partial charge in [0.15, 0.2) is 0 Å². The maximum absolute atomic E-state index is 2.28. The number of hydrogen-bond donors (Lipinski definition) is 0. The zero-order chi connectivity index (χ0) is 12.2. The maximum Gasteiger partial charge on any atom is 0.00906 e. The quantitative estimate of drug-likeness (QED) is 0.553. The molecule has 0 spiro atoms. The maximum atomic E-state index is 2.28. The van der Waals surface area contributed by atoms with Crippen molar-refractivity contribution in [1.29, 1.82) is 0 Å². The summed E-state index contributed by atoms with van der Waals surface area (Å²) in [6.45, 7) is 0. The van der Waals surface area contributed by atoms with E-state index < -0.39 is 0 Å². The molecule has 0 aliphatic heterocycles. The van der Waals surface area contributed by atoms with E-state index in [-0.39, 0.29) is 0 Å². The van der Waals surface area contributed by atoms with Crippen LogP contribution in [-0.2, 0) is 0 Å². The first-order valence-electron chi connectivity index (χ1n) is 6.00.